The summed E-state index contributed by atoms with van der Waals surface area (Å²) in [5.74, 6) is -0.662. The molecule has 1 aromatic heterocycles. The molecule has 2 rings (SSSR count). The summed E-state index contributed by atoms with van der Waals surface area (Å²) in [6.07, 6.45) is 1.88. The highest BCUT2D eigenvalue weighted by atomic mass is 32.1. The van der Waals surface area contributed by atoms with Crippen LogP contribution < -0.4 is 5.32 Å². The van der Waals surface area contributed by atoms with Crippen LogP contribution in [0.5, 0.6) is 0 Å². The first-order valence-corrected chi connectivity index (χ1v) is 10.0. The predicted molar refractivity (Wildman–Crippen MR) is 108 cm³/mol. The molecule has 0 aliphatic carbocycles. The molecule has 152 valence electrons. The van der Waals surface area contributed by atoms with Gasteiger partial charge in [-0.2, -0.15) is 0 Å². The van der Waals surface area contributed by atoms with Crippen molar-refractivity contribution in [1.29, 1.82) is 0 Å². The van der Waals surface area contributed by atoms with Gasteiger partial charge in [0, 0.05) is 11.6 Å². The number of aliphatic imine (C=N–C) groups is 1. The van der Waals surface area contributed by atoms with Crippen molar-refractivity contribution in [1.82, 2.24) is 10.3 Å². The van der Waals surface area contributed by atoms with Gasteiger partial charge in [-0.15, -0.1) is 11.3 Å². The number of nitrogens with zero attached hydrogens (tertiary/aromatic N) is 2. The van der Waals surface area contributed by atoms with E-state index in [2.05, 4.69) is 22.0 Å². The van der Waals surface area contributed by atoms with E-state index in [1.807, 2.05) is 0 Å². The second-order valence-electron chi connectivity index (χ2n) is 6.72. The highest BCUT2D eigenvalue weighted by Crippen LogP contribution is 2.23. The van der Waals surface area contributed by atoms with Gasteiger partial charge in [-0.1, -0.05) is 12.1 Å². The molecule has 0 aliphatic rings. The van der Waals surface area contributed by atoms with Gasteiger partial charge in [-0.3, -0.25) is 9.79 Å². The predicted octanol–water partition coefficient (Wildman–Crippen LogP) is 2.66. The van der Waals surface area contributed by atoms with E-state index in [9.17, 15) is 19.4 Å². The molecule has 0 fully saturated rings. The van der Waals surface area contributed by atoms with Gasteiger partial charge in [0.15, 0.2) is 0 Å². The number of hydrogen-bond acceptors (Lipinski definition) is 6. The van der Waals surface area contributed by atoms with Crippen molar-refractivity contribution in [2.24, 2.45) is 4.99 Å². The van der Waals surface area contributed by atoms with Crippen molar-refractivity contribution in [2.45, 2.75) is 56.9 Å². The summed E-state index contributed by atoms with van der Waals surface area (Å²) in [6.45, 7) is 5.11. The zero-order valence-corrected chi connectivity index (χ0v) is 16.6. The van der Waals surface area contributed by atoms with Crippen LogP contribution in [0, 0.1) is 5.82 Å². The van der Waals surface area contributed by atoms with Gasteiger partial charge in [-0.05, 0) is 57.0 Å². The molecule has 0 radical (unpaired) electrons. The molecule has 2 unspecified atom stereocenters. The largest absolute Gasteiger partial charge is 0.393 e. The summed E-state index contributed by atoms with van der Waals surface area (Å²) < 4.78 is 13.1. The Bertz CT molecular complexity index is 738. The van der Waals surface area contributed by atoms with Gasteiger partial charge in [-0.25, -0.2) is 9.37 Å². The highest BCUT2D eigenvalue weighted by Gasteiger charge is 2.27. The number of halogens is 1. The molecule has 1 amide bonds. The average molecular weight is 408 g/mol. The number of benzene rings is 1. The molecule has 0 bridgehead atoms. The summed E-state index contributed by atoms with van der Waals surface area (Å²) in [5.41, 5.74) is 0.902. The maximum atomic E-state index is 13.1. The van der Waals surface area contributed by atoms with Gasteiger partial charge < -0.3 is 15.5 Å². The first-order chi connectivity index (χ1) is 13.4. The lowest BCUT2D eigenvalue weighted by molar-refractivity contribution is -0.124. The summed E-state index contributed by atoms with van der Waals surface area (Å²) in [6, 6.07) is 4.84. The maximum Gasteiger partial charge on any atom is 0.245 e. The molecule has 6 nitrogen and oxygen atoms in total. The zero-order chi connectivity index (χ0) is 20.5. The van der Waals surface area contributed by atoms with Gasteiger partial charge >= 0.3 is 0 Å². The van der Waals surface area contributed by atoms with Gasteiger partial charge in [0.05, 0.1) is 12.1 Å². The number of nitrogens with one attached hydrogen (secondary N) is 1. The van der Waals surface area contributed by atoms with E-state index >= 15 is 0 Å². The van der Waals surface area contributed by atoms with E-state index < -0.39 is 24.3 Å². The summed E-state index contributed by atoms with van der Waals surface area (Å²) in [5, 5.41) is 25.3. The van der Waals surface area contributed by atoms with Crippen LogP contribution in [0.15, 0.2) is 40.8 Å². The van der Waals surface area contributed by atoms with Crippen molar-refractivity contribution in [3.63, 3.8) is 0 Å². The molecule has 0 saturated carbocycles. The molecular formula is C20H26FN3O3S. The summed E-state index contributed by atoms with van der Waals surface area (Å²) >= 11 is 1.31. The number of hydrogen-bond donors (Lipinski definition) is 3. The molecule has 1 heterocycles. The lowest BCUT2D eigenvalue weighted by atomic mass is 10.00. The molecule has 8 heteroatoms. The van der Waals surface area contributed by atoms with Crippen LogP contribution in [0.3, 0.4) is 0 Å². The fourth-order valence-corrected chi connectivity index (χ4v) is 3.50. The van der Waals surface area contributed by atoms with Gasteiger partial charge in [0.25, 0.3) is 0 Å². The molecule has 28 heavy (non-hydrogen) atoms. The van der Waals surface area contributed by atoms with Crippen LogP contribution in [0.4, 0.5) is 4.39 Å². The van der Waals surface area contributed by atoms with E-state index in [0.717, 1.165) is 5.56 Å². The summed E-state index contributed by atoms with van der Waals surface area (Å²) in [4.78, 5) is 20.6. The highest BCUT2D eigenvalue weighted by molar-refractivity contribution is 7.09. The molecule has 4 atom stereocenters. The molecular weight excluding hydrogens is 381 g/mol. The Kier molecular flexibility index (Phi) is 8.69. The average Bonchev–Trinajstić information content (AvgIpc) is 3.21. The fourth-order valence-electron chi connectivity index (χ4n) is 2.82. The van der Waals surface area contributed by atoms with E-state index in [-0.39, 0.29) is 11.7 Å². The van der Waals surface area contributed by atoms with Crippen LogP contribution in [0.1, 0.15) is 42.9 Å². The Labute approximate surface area is 168 Å². The Balaban J connectivity index is 2.07. The minimum absolute atomic E-state index is 0.311. The minimum Gasteiger partial charge on any atom is -0.393 e. The van der Waals surface area contributed by atoms with Gasteiger partial charge in [0.2, 0.25) is 5.91 Å². The number of carbonyl (C=O) groups excluding carboxylic acids is 1. The van der Waals surface area contributed by atoms with Crippen molar-refractivity contribution in [3.8, 4) is 0 Å². The lowest BCUT2D eigenvalue weighted by Crippen LogP contribution is -2.44. The van der Waals surface area contributed by atoms with E-state index in [1.54, 1.807) is 30.6 Å². The second kappa shape index (κ2) is 11.0. The Hall–Kier alpha value is -2.16. The topological polar surface area (TPSA) is 94.8 Å². The number of thiazole rings is 1. The number of aliphatic hydroxyl groups excluding tert-OH is 2. The third-order valence-electron chi connectivity index (χ3n) is 4.45. The van der Waals surface area contributed by atoms with Crippen LogP contribution >= 0.6 is 11.3 Å². The van der Waals surface area contributed by atoms with Crippen molar-refractivity contribution < 1.29 is 19.4 Å². The van der Waals surface area contributed by atoms with Gasteiger partial charge in [0.1, 0.15) is 23.0 Å². The molecule has 3 N–H and O–H groups in total. The molecule has 1 aromatic carbocycles. The third kappa shape index (κ3) is 6.78. The van der Waals surface area contributed by atoms with Crippen LogP contribution in [-0.2, 0) is 11.2 Å². The van der Waals surface area contributed by atoms with Crippen LogP contribution in [0.2, 0.25) is 0 Å². The quantitative estimate of drug-likeness (QED) is 0.499. The van der Waals surface area contributed by atoms with Crippen LogP contribution in [-0.4, -0.2) is 46.0 Å². The molecule has 2 aromatic rings. The first kappa shape index (κ1) is 22.1. The Morgan fingerprint density at radius 3 is 2.57 bits per heavy atom. The van der Waals surface area contributed by atoms with Crippen molar-refractivity contribution >= 4 is 24.0 Å². The number of rotatable bonds is 11. The Morgan fingerprint density at radius 1 is 1.29 bits per heavy atom. The number of amides is 1. The monoisotopic (exact) mass is 407 g/mol. The molecule has 0 saturated heterocycles. The van der Waals surface area contributed by atoms with E-state index in [1.165, 1.54) is 23.5 Å². The molecule has 0 aliphatic heterocycles. The SMILES string of the molecule is C=N[C@@H](CCC(C)O)C(=O)N[C@@H](CCc1ccc(F)cc1)C(O)c1nccs1. The number of aliphatic hydroxyl groups is 2. The zero-order valence-electron chi connectivity index (χ0n) is 15.8. The number of carbonyl (C=O) groups is 1. The number of aryl methyl sites for hydroxylation is 1. The first-order valence-electron chi connectivity index (χ1n) is 9.17. The smallest absolute Gasteiger partial charge is 0.245 e. The number of aromatic nitrogens is 1. The maximum absolute atomic E-state index is 13.1. The van der Waals surface area contributed by atoms with E-state index in [4.69, 9.17) is 0 Å². The standard InChI is InChI=1S/C20H26FN3O3S/c1-13(25)3-9-17(22-2)19(27)24-16(18(26)20-23-11-12-28-20)10-6-14-4-7-15(21)8-5-14/h4-5,7-8,11-13,16-18,25-26H,2-3,6,9-10H2,1H3,(H,24,27)/t13?,16-,17-,18?/m0/s1. The third-order valence-corrected chi connectivity index (χ3v) is 5.30. The second-order valence-corrected chi connectivity index (χ2v) is 7.65. The normalized spacial score (nSPS) is 15.4. The summed E-state index contributed by atoms with van der Waals surface area (Å²) in [7, 11) is 0. The fraction of sp³-hybridized carbons (Fsp3) is 0.450. The van der Waals surface area contributed by atoms with E-state index in [0.29, 0.717) is 30.7 Å². The minimum atomic E-state index is -0.966. The Morgan fingerprint density at radius 2 is 2.00 bits per heavy atom. The van der Waals surface area contributed by atoms with Crippen molar-refractivity contribution in [2.75, 3.05) is 0 Å². The van der Waals surface area contributed by atoms with Crippen molar-refractivity contribution in [3.05, 3.63) is 52.2 Å². The van der Waals surface area contributed by atoms with Crippen LogP contribution in [0.25, 0.3) is 0 Å². The molecule has 0 spiro atoms. The lowest BCUT2D eigenvalue weighted by Gasteiger charge is -2.25.